The van der Waals surface area contributed by atoms with Gasteiger partial charge >= 0.3 is 0 Å². The predicted octanol–water partition coefficient (Wildman–Crippen LogP) is 2.08. The van der Waals surface area contributed by atoms with Crippen LogP contribution in [0.15, 0.2) is 53.3 Å². The van der Waals surface area contributed by atoms with Gasteiger partial charge in [-0.2, -0.15) is 5.10 Å². The molecule has 27 heavy (non-hydrogen) atoms. The average Bonchev–Trinajstić information content (AvgIpc) is 3.49. The molecular formula is C20H18N4O3. The molecule has 0 atom stereocenters. The minimum atomic E-state index is -0.478. The molecule has 0 bridgehead atoms. The number of fused-ring (bicyclic) bond motifs is 1. The first-order valence-corrected chi connectivity index (χ1v) is 8.72. The second kappa shape index (κ2) is 6.68. The monoisotopic (exact) mass is 362 g/mol. The number of benzene rings is 2. The highest BCUT2D eigenvalue weighted by Gasteiger charge is 2.25. The van der Waals surface area contributed by atoms with Gasteiger partial charge in [0.15, 0.2) is 5.69 Å². The maximum atomic E-state index is 12.9. The Morgan fingerprint density at radius 2 is 1.67 bits per heavy atom. The molecule has 1 saturated carbocycles. The molecule has 4 rings (SSSR count). The fourth-order valence-corrected chi connectivity index (χ4v) is 2.93. The Kier molecular flexibility index (Phi) is 4.19. The minimum absolute atomic E-state index is 0.130. The maximum absolute atomic E-state index is 12.9. The number of nitrogens with one attached hydrogen (secondary N) is 2. The summed E-state index contributed by atoms with van der Waals surface area (Å²) in [6.45, 7) is 0. The molecule has 2 amide bonds. The number of hydrogen-bond donors (Lipinski definition) is 2. The lowest BCUT2D eigenvalue weighted by molar-refractivity contribution is 0.0952. The van der Waals surface area contributed by atoms with E-state index in [-0.39, 0.29) is 23.2 Å². The Morgan fingerprint density at radius 3 is 2.41 bits per heavy atom. The van der Waals surface area contributed by atoms with E-state index in [9.17, 15) is 14.4 Å². The number of hydrogen-bond acceptors (Lipinski definition) is 4. The summed E-state index contributed by atoms with van der Waals surface area (Å²) in [4.78, 5) is 37.5. The molecule has 0 radical (unpaired) electrons. The average molecular weight is 362 g/mol. The molecule has 0 aliphatic heterocycles. The third-order valence-corrected chi connectivity index (χ3v) is 4.50. The normalized spacial score (nSPS) is 13.4. The molecule has 0 spiro atoms. The summed E-state index contributed by atoms with van der Waals surface area (Å²) in [6.07, 6.45) is 1.96. The van der Waals surface area contributed by atoms with Crippen LogP contribution in [0.4, 0.5) is 5.69 Å². The zero-order valence-corrected chi connectivity index (χ0v) is 14.7. The Labute approximate surface area is 155 Å². The lowest BCUT2D eigenvalue weighted by Gasteiger charge is -2.12. The second-order valence-corrected chi connectivity index (χ2v) is 6.57. The molecule has 2 N–H and O–H groups in total. The highest BCUT2D eigenvalue weighted by Crippen LogP contribution is 2.22. The molecule has 2 aromatic carbocycles. The van der Waals surface area contributed by atoms with Gasteiger partial charge in [-0.15, -0.1) is 0 Å². The number of anilines is 1. The first-order valence-electron chi connectivity index (χ1n) is 8.72. The van der Waals surface area contributed by atoms with Gasteiger partial charge in [0.1, 0.15) is 0 Å². The van der Waals surface area contributed by atoms with E-state index in [2.05, 4.69) is 15.7 Å². The van der Waals surface area contributed by atoms with Crippen molar-refractivity contribution in [3.63, 3.8) is 0 Å². The quantitative estimate of drug-likeness (QED) is 0.743. The van der Waals surface area contributed by atoms with Crippen LogP contribution in [0.5, 0.6) is 0 Å². The van der Waals surface area contributed by atoms with E-state index in [0.717, 1.165) is 17.5 Å². The third kappa shape index (κ3) is 3.31. The van der Waals surface area contributed by atoms with Crippen molar-refractivity contribution >= 4 is 28.3 Å². The molecule has 1 aliphatic rings. The van der Waals surface area contributed by atoms with E-state index in [1.165, 1.54) is 7.05 Å². The first kappa shape index (κ1) is 17.0. The fourth-order valence-electron chi connectivity index (χ4n) is 2.93. The van der Waals surface area contributed by atoms with Crippen molar-refractivity contribution < 1.29 is 9.59 Å². The predicted molar refractivity (Wildman–Crippen MR) is 102 cm³/mol. The Hall–Kier alpha value is -3.48. The van der Waals surface area contributed by atoms with Gasteiger partial charge < -0.3 is 10.6 Å². The highest BCUT2D eigenvalue weighted by atomic mass is 16.2. The smallest absolute Gasteiger partial charge is 0.276 e. The summed E-state index contributed by atoms with van der Waals surface area (Å²) >= 11 is 0. The zero-order valence-electron chi connectivity index (χ0n) is 14.7. The van der Waals surface area contributed by atoms with Gasteiger partial charge in [-0.3, -0.25) is 14.4 Å². The van der Waals surface area contributed by atoms with Crippen LogP contribution in [0.3, 0.4) is 0 Å². The molecule has 7 nitrogen and oxygen atoms in total. The van der Waals surface area contributed by atoms with Crippen LogP contribution in [0.1, 0.15) is 33.7 Å². The van der Waals surface area contributed by atoms with Crippen molar-refractivity contribution in [2.24, 2.45) is 7.05 Å². The Morgan fingerprint density at radius 1 is 1.00 bits per heavy atom. The molecule has 1 fully saturated rings. The van der Waals surface area contributed by atoms with Crippen LogP contribution in [0, 0.1) is 0 Å². The fraction of sp³-hybridized carbons (Fsp3) is 0.200. The topological polar surface area (TPSA) is 93.1 Å². The van der Waals surface area contributed by atoms with E-state index in [4.69, 9.17) is 0 Å². The second-order valence-electron chi connectivity index (χ2n) is 6.57. The van der Waals surface area contributed by atoms with E-state index < -0.39 is 5.91 Å². The van der Waals surface area contributed by atoms with Gasteiger partial charge in [-0.25, -0.2) is 4.68 Å². The van der Waals surface area contributed by atoms with Crippen molar-refractivity contribution in [1.82, 2.24) is 15.1 Å². The van der Waals surface area contributed by atoms with Crippen molar-refractivity contribution in [2.45, 2.75) is 18.9 Å². The lowest BCUT2D eigenvalue weighted by atomic mass is 10.1. The standard InChI is InChI=1S/C20H18N4O3/c1-24-20(27)14-7-3-2-6-13(14)17(23-24)19(26)22-16-9-5-4-8-15(16)18(25)21-12-10-11-12/h2-9,12H,10-11H2,1H3,(H,21,25)(H,22,26). The van der Waals surface area contributed by atoms with Crippen molar-refractivity contribution in [3.05, 3.63) is 70.1 Å². The number of amides is 2. The van der Waals surface area contributed by atoms with E-state index >= 15 is 0 Å². The van der Waals surface area contributed by atoms with Crippen LogP contribution < -0.4 is 16.2 Å². The van der Waals surface area contributed by atoms with E-state index in [1.807, 2.05) is 0 Å². The van der Waals surface area contributed by atoms with Crippen molar-refractivity contribution in [2.75, 3.05) is 5.32 Å². The number of carbonyl (C=O) groups excluding carboxylic acids is 2. The summed E-state index contributed by atoms with van der Waals surface area (Å²) < 4.78 is 1.14. The van der Waals surface area contributed by atoms with Crippen LogP contribution in [0.25, 0.3) is 10.8 Å². The van der Waals surface area contributed by atoms with Gasteiger partial charge in [0.05, 0.1) is 16.6 Å². The molecule has 0 unspecified atom stereocenters. The van der Waals surface area contributed by atoms with Gasteiger partial charge in [0.2, 0.25) is 0 Å². The maximum Gasteiger partial charge on any atom is 0.276 e. The van der Waals surface area contributed by atoms with Crippen LogP contribution in [0.2, 0.25) is 0 Å². The van der Waals surface area contributed by atoms with Gasteiger partial charge in [-0.05, 0) is 31.0 Å². The number of para-hydroxylation sites is 1. The Balaban J connectivity index is 1.70. The SMILES string of the molecule is Cn1nc(C(=O)Nc2ccccc2C(=O)NC2CC2)c2ccccc2c1=O. The molecule has 1 aliphatic carbocycles. The summed E-state index contributed by atoms with van der Waals surface area (Å²) in [6, 6.07) is 13.9. The largest absolute Gasteiger partial charge is 0.349 e. The summed E-state index contributed by atoms with van der Waals surface area (Å²) in [5.41, 5.74) is 0.656. The number of carbonyl (C=O) groups is 2. The van der Waals surface area contributed by atoms with E-state index in [1.54, 1.807) is 48.5 Å². The van der Waals surface area contributed by atoms with Crippen molar-refractivity contribution in [1.29, 1.82) is 0 Å². The van der Waals surface area contributed by atoms with Crippen LogP contribution in [-0.4, -0.2) is 27.6 Å². The highest BCUT2D eigenvalue weighted by molar-refractivity contribution is 6.13. The molecule has 7 heteroatoms. The third-order valence-electron chi connectivity index (χ3n) is 4.50. The van der Waals surface area contributed by atoms with Crippen LogP contribution in [-0.2, 0) is 7.05 Å². The molecule has 136 valence electrons. The molecule has 0 saturated heterocycles. The molecular weight excluding hydrogens is 344 g/mol. The number of aromatic nitrogens is 2. The number of rotatable bonds is 4. The van der Waals surface area contributed by atoms with Gasteiger partial charge in [0, 0.05) is 18.5 Å². The summed E-state index contributed by atoms with van der Waals surface area (Å²) in [5.74, 6) is -0.694. The molecule has 1 aromatic heterocycles. The van der Waals surface area contributed by atoms with Crippen LogP contribution >= 0.6 is 0 Å². The molecule has 1 heterocycles. The Bertz CT molecular complexity index is 1120. The van der Waals surface area contributed by atoms with Gasteiger partial charge in [0.25, 0.3) is 17.4 Å². The first-order chi connectivity index (χ1) is 13.0. The van der Waals surface area contributed by atoms with E-state index in [0.29, 0.717) is 22.0 Å². The number of aryl methyl sites for hydroxylation is 1. The minimum Gasteiger partial charge on any atom is -0.349 e. The van der Waals surface area contributed by atoms with Gasteiger partial charge in [-0.1, -0.05) is 30.3 Å². The summed E-state index contributed by atoms with van der Waals surface area (Å²) in [7, 11) is 1.50. The number of nitrogens with zero attached hydrogens (tertiary/aromatic N) is 2. The van der Waals surface area contributed by atoms with Crippen molar-refractivity contribution in [3.8, 4) is 0 Å². The molecule has 3 aromatic rings. The lowest BCUT2D eigenvalue weighted by Crippen LogP contribution is -2.28. The zero-order chi connectivity index (χ0) is 19.0. The summed E-state index contributed by atoms with van der Waals surface area (Å²) in [5, 5.41) is 10.7.